The normalized spacial score (nSPS) is 10.4. The number of pyridine rings is 1. The van der Waals surface area contributed by atoms with Gasteiger partial charge in [0.15, 0.2) is 0 Å². The van der Waals surface area contributed by atoms with E-state index in [2.05, 4.69) is 9.84 Å². The third kappa shape index (κ3) is 1.33. The summed E-state index contributed by atoms with van der Waals surface area (Å²) < 4.78 is 6.18. The number of carbonyl (C=O) groups excluding carboxylic acids is 1. The van der Waals surface area contributed by atoms with E-state index in [9.17, 15) is 4.79 Å². The number of esters is 1. The zero-order chi connectivity index (χ0) is 10.1. The number of ether oxygens (including phenoxy) is 1. The molecule has 0 aliphatic carbocycles. The van der Waals surface area contributed by atoms with Gasteiger partial charge in [0.05, 0.1) is 23.2 Å². The highest BCUT2D eigenvalue weighted by Gasteiger charge is 2.11. The van der Waals surface area contributed by atoms with E-state index in [4.69, 9.17) is 11.6 Å². The molecule has 0 aromatic carbocycles. The van der Waals surface area contributed by atoms with Crippen molar-refractivity contribution < 1.29 is 9.53 Å². The molecule has 0 aliphatic rings. The molecule has 0 amide bonds. The van der Waals surface area contributed by atoms with Crippen molar-refractivity contribution in [3.8, 4) is 0 Å². The van der Waals surface area contributed by atoms with Gasteiger partial charge in [0.25, 0.3) is 0 Å². The minimum atomic E-state index is -0.446. The van der Waals surface area contributed by atoms with Crippen molar-refractivity contribution in [2.45, 2.75) is 0 Å². The lowest BCUT2D eigenvalue weighted by molar-refractivity contribution is 0.0601. The smallest absolute Gasteiger partial charge is 0.339 e. The fourth-order valence-electron chi connectivity index (χ4n) is 1.21. The topological polar surface area (TPSA) is 43.6 Å². The molecule has 0 radical (unpaired) electrons. The van der Waals surface area contributed by atoms with Crippen LogP contribution >= 0.6 is 11.6 Å². The van der Waals surface area contributed by atoms with Crippen LogP contribution in [0.2, 0.25) is 5.02 Å². The highest BCUT2D eigenvalue weighted by Crippen LogP contribution is 2.18. The van der Waals surface area contributed by atoms with Gasteiger partial charge in [-0.2, -0.15) is 5.10 Å². The average Bonchev–Trinajstić information content (AvgIpc) is 2.62. The molecule has 5 heteroatoms. The molecule has 72 valence electrons. The van der Waals surface area contributed by atoms with Crippen LogP contribution in [0, 0.1) is 0 Å². The Morgan fingerprint density at radius 2 is 2.43 bits per heavy atom. The van der Waals surface area contributed by atoms with E-state index in [1.54, 1.807) is 29.0 Å². The molecule has 0 bridgehead atoms. The van der Waals surface area contributed by atoms with Crippen LogP contribution in [0.1, 0.15) is 10.4 Å². The van der Waals surface area contributed by atoms with Gasteiger partial charge in [-0.1, -0.05) is 11.6 Å². The van der Waals surface area contributed by atoms with Gasteiger partial charge >= 0.3 is 5.97 Å². The first-order valence-electron chi connectivity index (χ1n) is 3.93. The molecule has 0 saturated heterocycles. The molecule has 14 heavy (non-hydrogen) atoms. The predicted molar refractivity (Wildman–Crippen MR) is 51.5 cm³/mol. The third-order valence-electron chi connectivity index (χ3n) is 1.89. The minimum Gasteiger partial charge on any atom is -0.465 e. The lowest BCUT2D eigenvalue weighted by atomic mass is 10.2. The van der Waals surface area contributed by atoms with Crippen molar-refractivity contribution >= 4 is 23.1 Å². The number of nitrogens with zero attached hydrogens (tertiary/aromatic N) is 2. The van der Waals surface area contributed by atoms with E-state index in [1.807, 2.05) is 0 Å². The molecule has 0 fully saturated rings. The van der Waals surface area contributed by atoms with Crippen molar-refractivity contribution in [1.82, 2.24) is 9.61 Å². The standard InChI is InChI=1S/C9H7ClN2O2/c1-14-9(13)7-4-6-2-3-11-12(6)5-8(7)10/h2-5H,1H3. The number of hydrogen-bond donors (Lipinski definition) is 0. The second-order valence-electron chi connectivity index (χ2n) is 2.73. The maximum Gasteiger partial charge on any atom is 0.339 e. The number of fused-ring (bicyclic) bond motifs is 1. The monoisotopic (exact) mass is 210 g/mol. The van der Waals surface area contributed by atoms with Gasteiger partial charge in [0.1, 0.15) is 0 Å². The Morgan fingerprint density at radius 1 is 1.64 bits per heavy atom. The van der Waals surface area contributed by atoms with Crippen molar-refractivity contribution in [3.05, 3.63) is 35.1 Å². The molecule has 0 aliphatic heterocycles. The van der Waals surface area contributed by atoms with Gasteiger partial charge in [-0.05, 0) is 12.1 Å². The van der Waals surface area contributed by atoms with Crippen LogP contribution < -0.4 is 0 Å². The molecule has 2 aromatic rings. The van der Waals surface area contributed by atoms with Gasteiger partial charge in [-0.15, -0.1) is 0 Å². The Balaban J connectivity index is 2.64. The molecule has 0 saturated carbocycles. The molecule has 4 nitrogen and oxygen atoms in total. The highest BCUT2D eigenvalue weighted by molar-refractivity contribution is 6.33. The summed E-state index contributed by atoms with van der Waals surface area (Å²) >= 11 is 5.87. The van der Waals surface area contributed by atoms with Crippen LogP contribution in [0.15, 0.2) is 24.5 Å². The van der Waals surface area contributed by atoms with Crippen molar-refractivity contribution in [2.24, 2.45) is 0 Å². The van der Waals surface area contributed by atoms with E-state index < -0.39 is 5.97 Å². The van der Waals surface area contributed by atoms with Crippen LogP contribution in [0.3, 0.4) is 0 Å². The molecule has 0 atom stereocenters. The fraction of sp³-hybridized carbons (Fsp3) is 0.111. The Kier molecular flexibility index (Phi) is 2.13. The number of halogens is 1. The minimum absolute atomic E-state index is 0.327. The second-order valence-corrected chi connectivity index (χ2v) is 3.13. The lowest BCUT2D eigenvalue weighted by Gasteiger charge is -2.02. The summed E-state index contributed by atoms with van der Waals surface area (Å²) in [4.78, 5) is 11.3. The summed E-state index contributed by atoms with van der Waals surface area (Å²) in [6.07, 6.45) is 3.20. The average molecular weight is 211 g/mol. The zero-order valence-corrected chi connectivity index (χ0v) is 8.15. The maximum absolute atomic E-state index is 11.3. The molecule has 2 heterocycles. The van der Waals surface area contributed by atoms with Crippen LogP contribution in [0.5, 0.6) is 0 Å². The Morgan fingerprint density at radius 3 is 3.14 bits per heavy atom. The van der Waals surface area contributed by atoms with Crippen LogP contribution in [-0.4, -0.2) is 22.7 Å². The highest BCUT2D eigenvalue weighted by atomic mass is 35.5. The van der Waals surface area contributed by atoms with Crippen molar-refractivity contribution in [2.75, 3.05) is 7.11 Å². The number of hydrogen-bond acceptors (Lipinski definition) is 3. The molecule has 2 rings (SSSR count). The van der Waals surface area contributed by atoms with Crippen molar-refractivity contribution in [3.63, 3.8) is 0 Å². The van der Waals surface area contributed by atoms with E-state index >= 15 is 0 Å². The lowest BCUT2D eigenvalue weighted by Crippen LogP contribution is -2.03. The third-order valence-corrected chi connectivity index (χ3v) is 2.19. The Hall–Kier alpha value is -1.55. The number of carbonyl (C=O) groups is 1. The van der Waals surface area contributed by atoms with Crippen LogP contribution in [-0.2, 0) is 4.74 Å². The number of rotatable bonds is 1. The first-order valence-corrected chi connectivity index (χ1v) is 4.31. The largest absolute Gasteiger partial charge is 0.465 e. The van der Waals surface area contributed by atoms with E-state index in [-0.39, 0.29) is 0 Å². The zero-order valence-electron chi connectivity index (χ0n) is 7.40. The fourth-order valence-corrected chi connectivity index (χ4v) is 1.43. The first-order chi connectivity index (χ1) is 6.72. The maximum atomic E-state index is 11.3. The van der Waals surface area contributed by atoms with E-state index in [0.29, 0.717) is 10.6 Å². The first kappa shape index (κ1) is 9.02. The summed E-state index contributed by atoms with van der Waals surface area (Å²) in [7, 11) is 1.32. The summed E-state index contributed by atoms with van der Waals surface area (Å²) in [6.45, 7) is 0. The molecule has 0 unspecified atom stereocenters. The van der Waals surface area contributed by atoms with Crippen LogP contribution in [0.25, 0.3) is 5.52 Å². The summed E-state index contributed by atoms with van der Waals surface area (Å²) in [6, 6.07) is 3.42. The molecule has 0 spiro atoms. The van der Waals surface area contributed by atoms with E-state index in [1.165, 1.54) is 7.11 Å². The quantitative estimate of drug-likeness (QED) is 0.674. The van der Waals surface area contributed by atoms with Crippen LogP contribution in [0.4, 0.5) is 0 Å². The SMILES string of the molecule is COC(=O)c1cc2ccnn2cc1Cl. The predicted octanol–water partition coefficient (Wildman–Crippen LogP) is 1.77. The Bertz CT molecular complexity index is 493. The summed E-state index contributed by atoms with van der Waals surface area (Å²) in [5.74, 6) is -0.446. The van der Waals surface area contributed by atoms with Gasteiger partial charge in [0.2, 0.25) is 0 Å². The van der Waals surface area contributed by atoms with Crippen molar-refractivity contribution in [1.29, 1.82) is 0 Å². The van der Waals surface area contributed by atoms with Gasteiger partial charge in [0, 0.05) is 12.4 Å². The Labute approximate surface area is 85.0 Å². The summed E-state index contributed by atoms with van der Waals surface area (Å²) in [5.41, 5.74) is 1.15. The second kappa shape index (κ2) is 3.31. The van der Waals surface area contributed by atoms with Gasteiger partial charge < -0.3 is 4.74 Å². The molecule has 0 N–H and O–H groups in total. The summed E-state index contributed by atoms with van der Waals surface area (Å²) in [5, 5.41) is 4.31. The van der Waals surface area contributed by atoms with Gasteiger partial charge in [-0.3, -0.25) is 0 Å². The van der Waals surface area contributed by atoms with Gasteiger partial charge in [-0.25, -0.2) is 9.31 Å². The number of aromatic nitrogens is 2. The van der Waals surface area contributed by atoms with E-state index in [0.717, 1.165) is 5.52 Å². The molecular weight excluding hydrogens is 204 g/mol. The number of methoxy groups -OCH3 is 1. The molecular formula is C9H7ClN2O2. The molecule has 2 aromatic heterocycles.